The fourth-order valence-corrected chi connectivity index (χ4v) is 2.93. The minimum absolute atomic E-state index is 0.576. The SMILES string of the molecule is CCN(C)C1CCCCCN(C)c2ccccc21. The second-order valence-electron chi connectivity index (χ2n) is 5.42. The van der Waals surface area contributed by atoms with Crippen LogP contribution in [-0.4, -0.2) is 32.1 Å². The van der Waals surface area contributed by atoms with Gasteiger partial charge in [-0.25, -0.2) is 0 Å². The summed E-state index contributed by atoms with van der Waals surface area (Å²) in [6, 6.07) is 9.51. The summed E-state index contributed by atoms with van der Waals surface area (Å²) in [6.07, 6.45) is 5.30. The molecule has 0 N–H and O–H groups in total. The molecule has 0 fully saturated rings. The minimum Gasteiger partial charge on any atom is -0.374 e. The summed E-state index contributed by atoms with van der Waals surface area (Å²) in [5.41, 5.74) is 2.93. The second-order valence-corrected chi connectivity index (χ2v) is 5.42. The van der Waals surface area contributed by atoms with Crippen LogP contribution < -0.4 is 4.90 Å². The Labute approximate surface area is 112 Å². The predicted molar refractivity (Wildman–Crippen MR) is 79.2 cm³/mol. The van der Waals surface area contributed by atoms with Crippen molar-refractivity contribution in [2.75, 3.05) is 32.1 Å². The van der Waals surface area contributed by atoms with E-state index in [1.54, 1.807) is 0 Å². The third-order valence-corrected chi connectivity index (χ3v) is 4.21. The quantitative estimate of drug-likeness (QED) is 0.785. The molecule has 1 atom stereocenters. The van der Waals surface area contributed by atoms with Crippen LogP contribution in [0.4, 0.5) is 5.69 Å². The lowest BCUT2D eigenvalue weighted by atomic mass is 9.98. The maximum atomic E-state index is 2.48. The van der Waals surface area contributed by atoms with Crippen molar-refractivity contribution in [3.8, 4) is 0 Å². The summed E-state index contributed by atoms with van der Waals surface area (Å²) in [4.78, 5) is 4.91. The Morgan fingerprint density at radius 2 is 2.00 bits per heavy atom. The third-order valence-electron chi connectivity index (χ3n) is 4.21. The summed E-state index contributed by atoms with van der Waals surface area (Å²) < 4.78 is 0. The first-order valence-electron chi connectivity index (χ1n) is 7.24. The average Bonchev–Trinajstić information content (AvgIpc) is 2.48. The largest absolute Gasteiger partial charge is 0.374 e. The van der Waals surface area contributed by atoms with Crippen LogP contribution >= 0.6 is 0 Å². The third kappa shape index (κ3) is 2.86. The van der Waals surface area contributed by atoms with Gasteiger partial charge >= 0.3 is 0 Å². The lowest BCUT2D eigenvalue weighted by Gasteiger charge is -2.30. The van der Waals surface area contributed by atoms with Gasteiger partial charge in [0.05, 0.1) is 0 Å². The van der Waals surface area contributed by atoms with Gasteiger partial charge in [0.2, 0.25) is 0 Å². The fraction of sp³-hybridized carbons (Fsp3) is 0.625. The molecule has 1 aromatic rings. The highest BCUT2D eigenvalue weighted by atomic mass is 15.1. The van der Waals surface area contributed by atoms with Crippen LogP contribution in [0.1, 0.15) is 44.2 Å². The van der Waals surface area contributed by atoms with E-state index in [1.807, 2.05) is 0 Å². The van der Waals surface area contributed by atoms with E-state index in [2.05, 4.69) is 55.1 Å². The number of hydrogen-bond donors (Lipinski definition) is 0. The standard InChI is InChI=1S/C16H26N2/c1-4-17(2)15-11-6-5-9-13-18(3)16-12-8-7-10-14(15)16/h7-8,10,12,15H,4-6,9,11,13H2,1-3H3. The molecule has 0 radical (unpaired) electrons. The molecule has 1 aliphatic heterocycles. The maximum Gasteiger partial charge on any atom is 0.0412 e. The maximum absolute atomic E-state index is 2.48. The highest BCUT2D eigenvalue weighted by molar-refractivity contribution is 5.54. The molecule has 100 valence electrons. The number of fused-ring (bicyclic) bond motifs is 1. The van der Waals surface area contributed by atoms with E-state index in [0.717, 1.165) is 6.54 Å². The van der Waals surface area contributed by atoms with E-state index in [9.17, 15) is 0 Å². The molecule has 2 nitrogen and oxygen atoms in total. The minimum atomic E-state index is 0.576. The van der Waals surface area contributed by atoms with Crippen LogP contribution in [0.15, 0.2) is 24.3 Å². The summed E-state index contributed by atoms with van der Waals surface area (Å²) in [6.45, 7) is 4.54. The normalized spacial score (nSPS) is 21.1. The Bertz CT molecular complexity index is 375. The van der Waals surface area contributed by atoms with Crippen molar-refractivity contribution in [1.29, 1.82) is 0 Å². The van der Waals surface area contributed by atoms with Crippen molar-refractivity contribution in [2.45, 2.75) is 38.6 Å². The molecule has 2 rings (SSSR count). The molecule has 2 heteroatoms. The predicted octanol–water partition coefficient (Wildman–Crippen LogP) is 3.69. The van der Waals surface area contributed by atoms with E-state index < -0.39 is 0 Å². The topological polar surface area (TPSA) is 6.48 Å². The number of nitrogens with zero attached hydrogens (tertiary/aromatic N) is 2. The van der Waals surface area contributed by atoms with E-state index in [-0.39, 0.29) is 0 Å². The molecule has 1 aliphatic rings. The van der Waals surface area contributed by atoms with Gasteiger partial charge in [-0.1, -0.05) is 38.0 Å². The monoisotopic (exact) mass is 246 g/mol. The first-order valence-corrected chi connectivity index (χ1v) is 7.24. The van der Waals surface area contributed by atoms with Gasteiger partial charge in [0, 0.05) is 25.3 Å². The van der Waals surface area contributed by atoms with Gasteiger partial charge in [0.15, 0.2) is 0 Å². The molecule has 1 aromatic carbocycles. The van der Waals surface area contributed by atoms with E-state index in [1.165, 1.54) is 43.5 Å². The van der Waals surface area contributed by atoms with E-state index in [0.29, 0.717) is 6.04 Å². The summed E-state index contributed by atoms with van der Waals surface area (Å²) in [5.74, 6) is 0. The smallest absolute Gasteiger partial charge is 0.0412 e. The Balaban J connectivity index is 2.37. The molecule has 0 amide bonds. The van der Waals surface area contributed by atoms with Gasteiger partial charge in [-0.3, -0.25) is 4.90 Å². The summed E-state index contributed by atoms with van der Waals surface area (Å²) >= 11 is 0. The number of benzene rings is 1. The average molecular weight is 246 g/mol. The van der Waals surface area contributed by atoms with Crippen molar-refractivity contribution >= 4 is 5.69 Å². The molecule has 0 aromatic heterocycles. The lowest BCUT2D eigenvalue weighted by molar-refractivity contribution is 0.241. The van der Waals surface area contributed by atoms with Gasteiger partial charge in [0.25, 0.3) is 0 Å². The van der Waals surface area contributed by atoms with Crippen LogP contribution in [0.2, 0.25) is 0 Å². The number of hydrogen-bond acceptors (Lipinski definition) is 2. The first kappa shape index (κ1) is 13.4. The molecule has 18 heavy (non-hydrogen) atoms. The van der Waals surface area contributed by atoms with Crippen LogP contribution in [-0.2, 0) is 0 Å². The highest BCUT2D eigenvalue weighted by Crippen LogP contribution is 2.34. The van der Waals surface area contributed by atoms with Crippen molar-refractivity contribution in [3.63, 3.8) is 0 Å². The van der Waals surface area contributed by atoms with Gasteiger partial charge in [0.1, 0.15) is 0 Å². The molecule has 1 heterocycles. The summed E-state index contributed by atoms with van der Waals surface area (Å²) in [5, 5.41) is 0. The van der Waals surface area contributed by atoms with Crippen molar-refractivity contribution in [3.05, 3.63) is 29.8 Å². The molecule has 0 saturated heterocycles. The summed E-state index contributed by atoms with van der Waals surface area (Å²) in [7, 11) is 4.48. The zero-order valence-corrected chi connectivity index (χ0v) is 12.0. The second kappa shape index (κ2) is 6.24. The Kier molecular flexibility index (Phi) is 4.65. The van der Waals surface area contributed by atoms with Gasteiger partial charge in [-0.15, -0.1) is 0 Å². The van der Waals surface area contributed by atoms with Crippen LogP contribution in [0.25, 0.3) is 0 Å². The Morgan fingerprint density at radius 1 is 1.22 bits per heavy atom. The van der Waals surface area contributed by atoms with Crippen molar-refractivity contribution in [1.82, 2.24) is 4.90 Å². The zero-order valence-electron chi connectivity index (χ0n) is 12.0. The van der Waals surface area contributed by atoms with Gasteiger partial charge < -0.3 is 4.90 Å². The molecule has 0 saturated carbocycles. The number of rotatable bonds is 2. The van der Waals surface area contributed by atoms with Crippen molar-refractivity contribution in [2.24, 2.45) is 0 Å². The lowest BCUT2D eigenvalue weighted by Crippen LogP contribution is -2.26. The fourth-order valence-electron chi connectivity index (χ4n) is 2.93. The van der Waals surface area contributed by atoms with Crippen molar-refractivity contribution < 1.29 is 0 Å². The van der Waals surface area contributed by atoms with Gasteiger partial charge in [-0.2, -0.15) is 0 Å². The number of para-hydroxylation sites is 1. The van der Waals surface area contributed by atoms with Gasteiger partial charge in [-0.05, 0) is 38.1 Å². The van der Waals surface area contributed by atoms with E-state index in [4.69, 9.17) is 0 Å². The Hall–Kier alpha value is -1.02. The molecule has 0 bridgehead atoms. The van der Waals surface area contributed by atoms with Crippen LogP contribution in [0.5, 0.6) is 0 Å². The molecule has 0 aliphatic carbocycles. The Morgan fingerprint density at radius 3 is 2.78 bits per heavy atom. The molecular formula is C16H26N2. The zero-order chi connectivity index (χ0) is 13.0. The highest BCUT2D eigenvalue weighted by Gasteiger charge is 2.21. The van der Waals surface area contributed by atoms with Crippen LogP contribution in [0, 0.1) is 0 Å². The molecule has 0 spiro atoms. The number of anilines is 1. The van der Waals surface area contributed by atoms with E-state index >= 15 is 0 Å². The first-order chi connectivity index (χ1) is 8.74. The molecular weight excluding hydrogens is 220 g/mol. The van der Waals surface area contributed by atoms with Crippen LogP contribution in [0.3, 0.4) is 0 Å². The molecule has 1 unspecified atom stereocenters.